The molecule has 4 heteroatoms. The molecule has 90 valence electrons. The van der Waals surface area contributed by atoms with E-state index in [0.717, 1.165) is 22.2 Å². The van der Waals surface area contributed by atoms with Gasteiger partial charge in [-0.2, -0.15) is 5.10 Å². The second kappa shape index (κ2) is 4.39. The van der Waals surface area contributed by atoms with E-state index in [1.807, 2.05) is 24.3 Å². The molecular formula is C15H8N2O2. The minimum atomic E-state index is 0.194. The van der Waals surface area contributed by atoms with E-state index in [1.165, 1.54) is 0 Å². The van der Waals surface area contributed by atoms with Crippen LogP contribution in [0, 0.1) is 0 Å². The molecule has 0 amide bonds. The van der Waals surface area contributed by atoms with Crippen LogP contribution in [0.1, 0.15) is 0 Å². The summed E-state index contributed by atoms with van der Waals surface area (Å²) >= 11 is 0. The van der Waals surface area contributed by atoms with Crippen molar-refractivity contribution in [1.29, 1.82) is 0 Å². The maximum atomic E-state index is 10.8. The molecule has 0 aliphatic carbocycles. The van der Waals surface area contributed by atoms with Crippen LogP contribution in [0.15, 0.2) is 42.5 Å². The second-order valence-electron chi connectivity index (χ2n) is 4.08. The standard InChI is InChI=1S/C15H8N2O2/c18-8-11-6-5-10(7-12(11)9-19)15-13-3-1-2-4-14(13)16-17-15/h1-7H,(H,16,17). The van der Waals surface area contributed by atoms with Crippen molar-refractivity contribution in [3.05, 3.63) is 52.9 Å². The zero-order valence-electron chi connectivity index (χ0n) is 9.81. The number of rotatable bonds is 1. The molecule has 0 aliphatic rings. The topological polar surface area (TPSA) is 62.8 Å². The van der Waals surface area contributed by atoms with E-state index in [1.54, 1.807) is 30.1 Å². The summed E-state index contributed by atoms with van der Waals surface area (Å²) < 4.78 is 0. The molecule has 2 aromatic carbocycles. The number of fused-ring (bicyclic) bond motifs is 1. The average molecular weight is 248 g/mol. The highest BCUT2D eigenvalue weighted by Gasteiger charge is 2.07. The van der Waals surface area contributed by atoms with Crippen molar-refractivity contribution < 1.29 is 9.59 Å². The fourth-order valence-electron chi connectivity index (χ4n) is 2.05. The molecule has 1 heterocycles. The van der Waals surface area contributed by atoms with Gasteiger partial charge in [0.1, 0.15) is 11.9 Å². The Balaban J connectivity index is 2.34. The van der Waals surface area contributed by atoms with Crippen molar-refractivity contribution in [2.24, 2.45) is 0 Å². The molecule has 0 spiro atoms. The van der Waals surface area contributed by atoms with Gasteiger partial charge in [-0.25, -0.2) is 9.59 Å². The summed E-state index contributed by atoms with van der Waals surface area (Å²) in [5, 5.41) is 8.53. The molecule has 3 rings (SSSR count). The van der Waals surface area contributed by atoms with Crippen LogP contribution in [-0.2, 0) is 9.59 Å². The minimum absolute atomic E-state index is 0.194. The Morgan fingerprint density at radius 2 is 1.74 bits per heavy atom. The summed E-state index contributed by atoms with van der Waals surface area (Å²) in [7, 11) is 0. The van der Waals surface area contributed by atoms with E-state index >= 15 is 0 Å². The molecule has 0 aliphatic heterocycles. The van der Waals surface area contributed by atoms with Crippen molar-refractivity contribution in [3.8, 4) is 11.3 Å². The lowest BCUT2D eigenvalue weighted by Gasteiger charge is -1.96. The Morgan fingerprint density at radius 3 is 2.53 bits per heavy atom. The number of carbonyl (C=O) groups excluding carboxylic acids is 2. The molecular weight excluding hydrogens is 240 g/mol. The monoisotopic (exact) mass is 248 g/mol. The lowest BCUT2D eigenvalue weighted by molar-refractivity contribution is 0.564. The van der Waals surface area contributed by atoms with Crippen LogP contribution < -0.4 is 10.4 Å². The van der Waals surface area contributed by atoms with Gasteiger partial charge in [0.05, 0.1) is 21.6 Å². The molecule has 1 aromatic heterocycles. The summed E-state index contributed by atoms with van der Waals surface area (Å²) in [6.45, 7) is 0. The third kappa shape index (κ3) is 1.78. The van der Waals surface area contributed by atoms with Crippen LogP contribution in [0.25, 0.3) is 22.2 Å². The van der Waals surface area contributed by atoms with E-state index in [0.29, 0.717) is 0 Å². The highest BCUT2D eigenvalue weighted by atomic mass is 16.1. The van der Waals surface area contributed by atoms with Crippen LogP contribution in [0.3, 0.4) is 0 Å². The fraction of sp³-hybridized carbons (Fsp3) is 0. The number of H-pyrrole nitrogens is 1. The van der Waals surface area contributed by atoms with Gasteiger partial charge >= 0.3 is 0 Å². The molecule has 0 fully saturated rings. The molecule has 1 N–H and O–H groups in total. The van der Waals surface area contributed by atoms with Gasteiger partial charge in [-0.1, -0.05) is 24.3 Å². The number of aromatic nitrogens is 2. The molecule has 0 saturated heterocycles. The predicted octanol–water partition coefficient (Wildman–Crippen LogP) is 0.236. The van der Waals surface area contributed by atoms with E-state index in [9.17, 15) is 9.59 Å². The van der Waals surface area contributed by atoms with E-state index < -0.39 is 0 Å². The largest absolute Gasteiger partial charge is 0.277 e. The summed E-state index contributed by atoms with van der Waals surface area (Å²) in [5.74, 6) is 3.46. The Morgan fingerprint density at radius 1 is 0.947 bits per heavy atom. The minimum Gasteiger partial charge on any atom is -0.277 e. The van der Waals surface area contributed by atoms with Crippen LogP contribution in [0.4, 0.5) is 0 Å². The predicted molar refractivity (Wildman–Crippen MR) is 70.4 cm³/mol. The van der Waals surface area contributed by atoms with Crippen molar-refractivity contribution in [2.75, 3.05) is 0 Å². The quantitative estimate of drug-likeness (QED) is 0.671. The first-order valence-corrected chi connectivity index (χ1v) is 5.67. The van der Waals surface area contributed by atoms with Crippen LogP contribution in [0.2, 0.25) is 0 Å². The van der Waals surface area contributed by atoms with E-state index in [2.05, 4.69) is 10.2 Å². The van der Waals surface area contributed by atoms with Gasteiger partial charge in [0.2, 0.25) is 0 Å². The Kier molecular flexibility index (Phi) is 2.58. The summed E-state index contributed by atoms with van der Waals surface area (Å²) in [4.78, 5) is 21.5. The SMILES string of the molecule is O=C=c1ccc(-c2n[nH]c3ccccc23)cc1=C=O. The molecule has 0 saturated carbocycles. The lowest BCUT2D eigenvalue weighted by atomic mass is 10.1. The van der Waals surface area contributed by atoms with Gasteiger partial charge in [-0.3, -0.25) is 5.10 Å². The highest BCUT2D eigenvalue weighted by Crippen LogP contribution is 2.24. The summed E-state index contributed by atoms with van der Waals surface area (Å²) in [6.07, 6.45) is 0. The normalized spacial score (nSPS) is 10.1. The Labute approximate surface area is 107 Å². The Bertz CT molecular complexity index is 930. The summed E-state index contributed by atoms with van der Waals surface area (Å²) in [6, 6.07) is 12.6. The molecule has 0 unspecified atom stereocenters. The number of nitrogens with zero attached hydrogens (tertiary/aromatic N) is 1. The first kappa shape index (κ1) is 11.2. The maximum absolute atomic E-state index is 10.8. The third-order valence-corrected chi connectivity index (χ3v) is 2.98. The van der Waals surface area contributed by atoms with Gasteiger partial charge in [-0.15, -0.1) is 0 Å². The van der Waals surface area contributed by atoms with E-state index in [4.69, 9.17) is 0 Å². The maximum Gasteiger partial charge on any atom is 0.133 e. The van der Waals surface area contributed by atoms with E-state index in [-0.39, 0.29) is 10.4 Å². The zero-order chi connectivity index (χ0) is 13.2. The van der Waals surface area contributed by atoms with Crippen LogP contribution in [-0.4, -0.2) is 22.1 Å². The fourth-order valence-corrected chi connectivity index (χ4v) is 2.05. The molecule has 0 radical (unpaired) electrons. The number of hydrogen-bond acceptors (Lipinski definition) is 3. The molecule has 4 nitrogen and oxygen atoms in total. The van der Waals surface area contributed by atoms with Crippen molar-refractivity contribution in [3.63, 3.8) is 0 Å². The molecule has 0 atom stereocenters. The molecule has 19 heavy (non-hydrogen) atoms. The summed E-state index contributed by atoms with van der Waals surface area (Å²) in [5.41, 5.74) is 2.42. The number of benzene rings is 2. The number of para-hydroxylation sites is 1. The average Bonchev–Trinajstić information content (AvgIpc) is 2.90. The van der Waals surface area contributed by atoms with Gasteiger partial charge in [-0.05, 0) is 18.2 Å². The van der Waals surface area contributed by atoms with Crippen molar-refractivity contribution in [2.45, 2.75) is 0 Å². The number of aromatic amines is 1. The van der Waals surface area contributed by atoms with Gasteiger partial charge < -0.3 is 0 Å². The van der Waals surface area contributed by atoms with Gasteiger partial charge in [0.15, 0.2) is 0 Å². The van der Waals surface area contributed by atoms with Crippen molar-refractivity contribution >= 4 is 22.8 Å². The second-order valence-corrected chi connectivity index (χ2v) is 4.08. The zero-order valence-corrected chi connectivity index (χ0v) is 9.81. The number of nitrogens with one attached hydrogen (secondary N) is 1. The van der Waals surface area contributed by atoms with Crippen molar-refractivity contribution in [1.82, 2.24) is 10.2 Å². The smallest absolute Gasteiger partial charge is 0.133 e. The highest BCUT2D eigenvalue weighted by molar-refractivity contribution is 5.92. The third-order valence-electron chi connectivity index (χ3n) is 2.98. The molecule has 0 bridgehead atoms. The lowest BCUT2D eigenvalue weighted by Crippen LogP contribution is -2.26. The first-order chi connectivity index (χ1) is 9.33. The first-order valence-electron chi connectivity index (χ1n) is 5.67. The van der Waals surface area contributed by atoms with Gasteiger partial charge in [0.25, 0.3) is 0 Å². The van der Waals surface area contributed by atoms with Gasteiger partial charge in [0, 0.05) is 10.9 Å². The van der Waals surface area contributed by atoms with Crippen LogP contribution >= 0.6 is 0 Å². The Hall–Kier alpha value is -2.93. The molecule has 3 aromatic rings. The van der Waals surface area contributed by atoms with Crippen LogP contribution in [0.5, 0.6) is 0 Å². The number of hydrogen-bond donors (Lipinski definition) is 1.